The average Bonchev–Trinajstić information content (AvgIpc) is 2.70. The van der Waals surface area contributed by atoms with Crippen LogP contribution in [0.15, 0.2) is 0 Å². The van der Waals surface area contributed by atoms with E-state index in [2.05, 4.69) is 12.2 Å². The summed E-state index contributed by atoms with van der Waals surface area (Å²) in [5.41, 5.74) is 0. The number of hydrogen-bond donors (Lipinski definition) is 1. The molecule has 2 aliphatic rings. The van der Waals surface area contributed by atoms with Crippen molar-refractivity contribution in [2.75, 3.05) is 31.1 Å². The van der Waals surface area contributed by atoms with E-state index in [4.69, 9.17) is 0 Å². The predicted molar refractivity (Wildman–Crippen MR) is 68.3 cm³/mol. The summed E-state index contributed by atoms with van der Waals surface area (Å²) in [6.45, 7) is 4.43. The van der Waals surface area contributed by atoms with Crippen molar-refractivity contribution in [1.29, 1.82) is 0 Å². The van der Waals surface area contributed by atoms with Gasteiger partial charge in [-0.15, -0.1) is 0 Å². The predicted octanol–water partition coefficient (Wildman–Crippen LogP) is 0.505. The van der Waals surface area contributed by atoms with Crippen LogP contribution in [0, 0.1) is 0 Å². The first kappa shape index (κ1) is 12.7. The number of thioether (sulfide) groups is 1. The van der Waals surface area contributed by atoms with Gasteiger partial charge in [0.05, 0.1) is 5.75 Å². The van der Waals surface area contributed by atoms with Crippen molar-refractivity contribution >= 4 is 21.8 Å². The van der Waals surface area contributed by atoms with Gasteiger partial charge in [0.2, 0.25) is 10.0 Å². The molecule has 2 atom stereocenters. The van der Waals surface area contributed by atoms with E-state index in [0.29, 0.717) is 18.3 Å². The summed E-state index contributed by atoms with van der Waals surface area (Å²) in [5, 5.41) is 3.68. The second kappa shape index (κ2) is 5.25. The standard InChI is InChI=1S/C10H20N2O2S2/c1-9-7-12(5-6-15-9)16(13,14)8-10-3-2-4-11-10/h9-11H,2-8H2,1H3. The first-order chi connectivity index (χ1) is 7.58. The Labute approximate surface area is 102 Å². The molecule has 0 bridgehead atoms. The Kier molecular flexibility index (Phi) is 4.15. The molecule has 0 aromatic carbocycles. The highest BCUT2D eigenvalue weighted by molar-refractivity contribution is 8.00. The molecular formula is C10H20N2O2S2. The summed E-state index contributed by atoms with van der Waals surface area (Å²) >= 11 is 1.86. The van der Waals surface area contributed by atoms with Crippen molar-refractivity contribution in [2.45, 2.75) is 31.1 Å². The lowest BCUT2D eigenvalue weighted by molar-refractivity contribution is 0.419. The summed E-state index contributed by atoms with van der Waals surface area (Å²) < 4.78 is 26.0. The minimum atomic E-state index is -3.04. The molecule has 94 valence electrons. The van der Waals surface area contributed by atoms with E-state index in [1.807, 2.05) is 11.8 Å². The summed E-state index contributed by atoms with van der Waals surface area (Å²) in [4.78, 5) is 0. The van der Waals surface area contributed by atoms with Crippen LogP contribution in [0.25, 0.3) is 0 Å². The van der Waals surface area contributed by atoms with Crippen LogP contribution >= 0.6 is 11.8 Å². The van der Waals surface area contributed by atoms with Gasteiger partial charge in [-0.25, -0.2) is 8.42 Å². The minimum absolute atomic E-state index is 0.176. The Morgan fingerprint density at radius 1 is 1.50 bits per heavy atom. The second-order valence-corrected chi connectivity index (χ2v) is 8.17. The normalized spacial score (nSPS) is 33.1. The molecule has 4 nitrogen and oxygen atoms in total. The fourth-order valence-electron chi connectivity index (χ4n) is 2.30. The maximum absolute atomic E-state index is 12.2. The van der Waals surface area contributed by atoms with Crippen molar-refractivity contribution in [3.05, 3.63) is 0 Å². The van der Waals surface area contributed by atoms with Gasteiger partial charge in [0.15, 0.2) is 0 Å². The van der Waals surface area contributed by atoms with Crippen LogP contribution in [-0.4, -0.2) is 55.2 Å². The van der Waals surface area contributed by atoms with Gasteiger partial charge in [0, 0.05) is 30.1 Å². The molecule has 0 radical (unpaired) electrons. The molecule has 0 saturated carbocycles. The first-order valence-electron chi connectivity index (χ1n) is 5.91. The van der Waals surface area contributed by atoms with Crippen molar-refractivity contribution < 1.29 is 8.42 Å². The molecule has 0 amide bonds. The highest BCUT2D eigenvalue weighted by Crippen LogP contribution is 2.21. The molecule has 2 rings (SSSR count). The van der Waals surface area contributed by atoms with E-state index in [0.717, 1.165) is 25.1 Å². The Balaban J connectivity index is 1.94. The molecule has 1 N–H and O–H groups in total. The van der Waals surface area contributed by atoms with Gasteiger partial charge in [-0.05, 0) is 19.4 Å². The molecule has 2 unspecified atom stereocenters. The Bertz CT molecular complexity index is 326. The Morgan fingerprint density at radius 3 is 2.94 bits per heavy atom. The van der Waals surface area contributed by atoms with Gasteiger partial charge < -0.3 is 5.32 Å². The van der Waals surface area contributed by atoms with Crippen LogP contribution in [0.1, 0.15) is 19.8 Å². The molecule has 2 aliphatic heterocycles. The van der Waals surface area contributed by atoms with E-state index in [9.17, 15) is 8.42 Å². The topological polar surface area (TPSA) is 49.4 Å². The molecule has 0 spiro atoms. The summed E-state index contributed by atoms with van der Waals surface area (Å²) in [6.07, 6.45) is 2.10. The quantitative estimate of drug-likeness (QED) is 0.807. The van der Waals surface area contributed by atoms with Gasteiger partial charge in [-0.1, -0.05) is 6.92 Å². The van der Waals surface area contributed by atoms with Crippen molar-refractivity contribution in [3.8, 4) is 0 Å². The maximum Gasteiger partial charge on any atom is 0.215 e. The molecule has 2 fully saturated rings. The SMILES string of the molecule is CC1CN(S(=O)(=O)CC2CCCN2)CCS1. The fourth-order valence-corrected chi connectivity index (χ4v) is 5.35. The smallest absolute Gasteiger partial charge is 0.215 e. The van der Waals surface area contributed by atoms with E-state index < -0.39 is 10.0 Å². The Morgan fingerprint density at radius 2 is 2.31 bits per heavy atom. The third-order valence-corrected chi connectivity index (χ3v) is 6.25. The molecule has 6 heteroatoms. The van der Waals surface area contributed by atoms with Crippen LogP contribution in [-0.2, 0) is 10.0 Å². The lowest BCUT2D eigenvalue weighted by Crippen LogP contribution is -2.45. The van der Waals surface area contributed by atoms with Crippen LogP contribution in [0.3, 0.4) is 0 Å². The molecule has 2 saturated heterocycles. The third kappa shape index (κ3) is 3.12. The summed E-state index contributed by atoms with van der Waals surface area (Å²) in [7, 11) is -3.04. The minimum Gasteiger partial charge on any atom is -0.313 e. The van der Waals surface area contributed by atoms with Crippen LogP contribution in [0.5, 0.6) is 0 Å². The number of sulfonamides is 1. The van der Waals surface area contributed by atoms with Crippen molar-refractivity contribution in [1.82, 2.24) is 9.62 Å². The van der Waals surface area contributed by atoms with E-state index in [1.54, 1.807) is 4.31 Å². The highest BCUT2D eigenvalue weighted by atomic mass is 32.2. The maximum atomic E-state index is 12.2. The van der Waals surface area contributed by atoms with Gasteiger partial charge in [-0.3, -0.25) is 0 Å². The van der Waals surface area contributed by atoms with Crippen molar-refractivity contribution in [3.63, 3.8) is 0 Å². The second-order valence-electron chi connectivity index (χ2n) is 4.61. The zero-order chi connectivity index (χ0) is 11.6. The number of nitrogens with one attached hydrogen (secondary N) is 1. The zero-order valence-corrected chi connectivity index (χ0v) is 11.3. The lowest BCUT2D eigenvalue weighted by atomic mass is 10.3. The van der Waals surface area contributed by atoms with Crippen LogP contribution in [0.2, 0.25) is 0 Å². The van der Waals surface area contributed by atoms with Gasteiger partial charge in [-0.2, -0.15) is 16.1 Å². The molecular weight excluding hydrogens is 244 g/mol. The van der Waals surface area contributed by atoms with E-state index in [1.165, 1.54) is 0 Å². The number of nitrogens with zero attached hydrogens (tertiary/aromatic N) is 1. The lowest BCUT2D eigenvalue weighted by Gasteiger charge is -2.30. The fraction of sp³-hybridized carbons (Fsp3) is 1.00. The summed E-state index contributed by atoms with van der Waals surface area (Å²) in [5.74, 6) is 1.21. The molecule has 16 heavy (non-hydrogen) atoms. The number of rotatable bonds is 3. The molecule has 0 aromatic heterocycles. The van der Waals surface area contributed by atoms with Gasteiger partial charge in [0.1, 0.15) is 0 Å². The van der Waals surface area contributed by atoms with Crippen LogP contribution < -0.4 is 5.32 Å². The molecule has 0 aromatic rings. The Hall–Kier alpha value is 0.220. The largest absolute Gasteiger partial charge is 0.313 e. The highest BCUT2D eigenvalue weighted by Gasteiger charge is 2.30. The van der Waals surface area contributed by atoms with Crippen LogP contribution in [0.4, 0.5) is 0 Å². The monoisotopic (exact) mass is 264 g/mol. The first-order valence-corrected chi connectivity index (χ1v) is 8.56. The zero-order valence-electron chi connectivity index (χ0n) is 9.68. The van der Waals surface area contributed by atoms with Gasteiger partial charge in [0.25, 0.3) is 0 Å². The van der Waals surface area contributed by atoms with Gasteiger partial charge >= 0.3 is 0 Å². The summed E-state index contributed by atoms with van der Waals surface area (Å²) in [6, 6.07) is 0.176. The number of hydrogen-bond acceptors (Lipinski definition) is 4. The average molecular weight is 264 g/mol. The molecule has 2 heterocycles. The molecule has 0 aliphatic carbocycles. The third-order valence-electron chi connectivity index (χ3n) is 3.17. The van der Waals surface area contributed by atoms with E-state index in [-0.39, 0.29) is 11.8 Å². The van der Waals surface area contributed by atoms with Crippen molar-refractivity contribution in [2.24, 2.45) is 0 Å². The van der Waals surface area contributed by atoms with E-state index >= 15 is 0 Å².